The van der Waals surface area contributed by atoms with Crippen LogP contribution in [0.4, 0.5) is 11.4 Å². The van der Waals surface area contributed by atoms with Gasteiger partial charge in [-0.05, 0) is 44.5 Å². The second-order valence-electron chi connectivity index (χ2n) is 5.77. The minimum Gasteiger partial charge on any atom is -0.508 e. The molecule has 146 valence electrons. The van der Waals surface area contributed by atoms with Crippen LogP contribution in [-0.2, 0) is 13.6 Å². The fourth-order valence-electron chi connectivity index (χ4n) is 2.60. The number of benzene rings is 2. The first kappa shape index (κ1) is 20.9. The summed E-state index contributed by atoms with van der Waals surface area (Å²) in [7, 11) is -3.65. The second kappa shape index (κ2) is 8.99. The number of anilines is 1. The summed E-state index contributed by atoms with van der Waals surface area (Å²) in [5, 5.41) is 23.8. The lowest BCUT2D eigenvalue weighted by molar-refractivity contribution is -0.385. The highest BCUT2D eigenvalue weighted by Gasteiger charge is 2.37. The average Bonchev–Trinajstić information content (AvgIpc) is 2.62. The number of aryl methyl sites for hydroxylation is 1. The minimum atomic E-state index is -3.65. The maximum Gasteiger partial charge on any atom is 0.357 e. The molecule has 0 aliphatic rings. The molecule has 2 aromatic rings. The Balaban J connectivity index is 2.49. The number of nitro groups is 1. The van der Waals surface area contributed by atoms with Crippen LogP contribution in [0.5, 0.6) is 5.75 Å². The molecule has 2 N–H and O–H groups in total. The Morgan fingerprint density at radius 2 is 1.74 bits per heavy atom. The number of hydrogen-bond donors (Lipinski definition) is 2. The van der Waals surface area contributed by atoms with E-state index in [2.05, 4.69) is 5.32 Å². The van der Waals surface area contributed by atoms with Crippen molar-refractivity contribution in [3.63, 3.8) is 0 Å². The molecule has 0 aliphatic carbocycles. The molecule has 0 aliphatic heterocycles. The van der Waals surface area contributed by atoms with Gasteiger partial charge in [-0.3, -0.25) is 14.7 Å². The fraction of sp³-hybridized carbons (Fsp3) is 0.333. The zero-order valence-corrected chi connectivity index (χ0v) is 16.3. The summed E-state index contributed by atoms with van der Waals surface area (Å²) < 4.78 is 24.3. The van der Waals surface area contributed by atoms with E-state index < -0.39 is 18.3 Å². The van der Waals surface area contributed by atoms with Gasteiger partial charge in [-0.1, -0.05) is 18.2 Å². The Bertz CT molecular complexity index is 830. The topological polar surface area (TPSA) is 111 Å². The highest BCUT2D eigenvalue weighted by molar-refractivity contribution is 7.54. The van der Waals surface area contributed by atoms with Crippen molar-refractivity contribution in [2.75, 3.05) is 18.5 Å². The molecule has 0 aromatic heterocycles. The maximum absolute atomic E-state index is 13.4. The quantitative estimate of drug-likeness (QED) is 0.350. The van der Waals surface area contributed by atoms with Crippen LogP contribution in [0.25, 0.3) is 0 Å². The molecule has 8 nitrogen and oxygen atoms in total. The number of nitro benzene ring substituents is 1. The Labute approximate surface area is 157 Å². The standard InChI is InChI=1S/C18H23N2O6P/c1-4-25-27(24,26-5-2)18(14-7-10-16(21)11-8-14)19-15-9-6-13(3)17(12-15)20(22)23/h6-12,18-19,21H,4-5H2,1-3H3. The van der Waals surface area contributed by atoms with E-state index in [0.717, 1.165) is 0 Å². The van der Waals surface area contributed by atoms with Crippen LogP contribution in [0.3, 0.4) is 0 Å². The molecule has 0 heterocycles. The van der Waals surface area contributed by atoms with E-state index in [1.54, 1.807) is 45.0 Å². The third kappa shape index (κ3) is 5.07. The lowest BCUT2D eigenvalue weighted by Gasteiger charge is -2.28. The lowest BCUT2D eigenvalue weighted by atomic mass is 10.1. The molecule has 0 saturated heterocycles. The third-order valence-corrected chi connectivity index (χ3v) is 6.15. The summed E-state index contributed by atoms with van der Waals surface area (Å²) in [6.45, 7) is 5.39. The van der Waals surface area contributed by atoms with E-state index in [1.807, 2.05) is 0 Å². The van der Waals surface area contributed by atoms with Crippen molar-refractivity contribution in [1.29, 1.82) is 0 Å². The number of aromatic hydroxyl groups is 1. The molecular weight excluding hydrogens is 371 g/mol. The molecule has 0 amide bonds. The van der Waals surface area contributed by atoms with Crippen molar-refractivity contribution in [3.8, 4) is 5.75 Å². The highest BCUT2D eigenvalue weighted by Crippen LogP contribution is 2.60. The molecular formula is C18H23N2O6P. The van der Waals surface area contributed by atoms with E-state index in [-0.39, 0.29) is 24.7 Å². The predicted molar refractivity (Wildman–Crippen MR) is 103 cm³/mol. The van der Waals surface area contributed by atoms with Crippen LogP contribution in [0.2, 0.25) is 0 Å². The largest absolute Gasteiger partial charge is 0.508 e. The zero-order valence-electron chi connectivity index (χ0n) is 15.4. The predicted octanol–water partition coefficient (Wildman–Crippen LogP) is 4.99. The van der Waals surface area contributed by atoms with Crippen LogP contribution < -0.4 is 5.32 Å². The molecule has 0 fully saturated rings. The Morgan fingerprint density at radius 1 is 1.15 bits per heavy atom. The molecule has 27 heavy (non-hydrogen) atoms. The molecule has 0 saturated carbocycles. The Hall–Kier alpha value is -2.41. The van der Waals surface area contributed by atoms with Crippen molar-refractivity contribution in [2.24, 2.45) is 0 Å². The first-order valence-corrected chi connectivity index (χ1v) is 10.1. The van der Waals surface area contributed by atoms with Gasteiger partial charge in [-0.2, -0.15) is 0 Å². The molecule has 1 unspecified atom stereocenters. The number of rotatable bonds is 9. The molecule has 2 aromatic carbocycles. The summed E-state index contributed by atoms with van der Waals surface area (Å²) >= 11 is 0. The Kier molecular flexibility index (Phi) is 6.96. The zero-order chi connectivity index (χ0) is 20.0. The number of phenols is 1. The first-order valence-electron chi connectivity index (χ1n) is 8.50. The van der Waals surface area contributed by atoms with E-state index in [4.69, 9.17) is 9.05 Å². The number of hydrogen-bond acceptors (Lipinski definition) is 7. The van der Waals surface area contributed by atoms with Gasteiger partial charge < -0.3 is 19.5 Å². The summed E-state index contributed by atoms with van der Waals surface area (Å²) in [6, 6.07) is 10.8. The number of phenolic OH excluding ortho intramolecular Hbond substituents is 1. The van der Waals surface area contributed by atoms with Crippen molar-refractivity contribution in [1.82, 2.24) is 0 Å². The number of nitrogens with zero attached hydrogens (tertiary/aromatic N) is 1. The number of nitrogens with one attached hydrogen (secondary N) is 1. The summed E-state index contributed by atoms with van der Waals surface area (Å²) in [5.74, 6) is -0.841. The summed E-state index contributed by atoms with van der Waals surface area (Å²) in [5.41, 5.74) is 1.43. The molecule has 2 rings (SSSR count). The molecule has 0 spiro atoms. The van der Waals surface area contributed by atoms with Crippen molar-refractivity contribution in [3.05, 3.63) is 63.7 Å². The van der Waals surface area contributed by atoms with Crippen LogP contribution in [0, 0.1) is 17.0 Å². The average molecular weight is 394 g/mol. The molecule has 1 atom stereocenters. The minimum absolute atomic E-state index is 0.0490. The summed E-state index contributed by atoms with van der Waals surface area (Å²) in [6.07, 6.45) is 0. The van der Waals surface area contributed by atoms with Gasteiger partial charge in [0.1, 0.15) is 5.75 Å². The molecule has 9 heteroatoms. The van der Waals surface area contributed by atoms with Gasteiger partial charge in [0, 0.05) is 17.3 Å². The van der Waals surface area contributed by atoms with Crippen LogP contribution in [0.15, 0.2) is 42.5 Å². The van der Waals surface area contributed by atoms with Crippen molar-refractivity contribution >= 4 is 19.0 Å². The van der Waals surface area contributed by atoms with E-state index in [0.29, 0.717) is 16.8 Å². The van der Waals surface area contributed by atoms with E-state index in [1.165, 1.54) is 18.2 Å². The second-order valence-corrected chi connectivity index (χ2v) is 7.88. The fourth-order valence-corrected chi connectivity index (χ4v) is 4.54. The van der Waals surface area contributed by atoms with Gasteiger partial charge >= 0.3 is 7.60 Å². The van der Waals surface area contributed by atoms with Gasteiger partial charge in [0.25, 0.3) is 5.69 Å². The lowest BCUT2D eigenvalue weighted by Crippen LogP contribution is -2.15. The monoisotopic (exact) mass is 394 g/mol. The smallest absolute Gasteiger partial charge is 0.357 e. The van der Waals surface area contributed by atoms with Crippen molar-refractivity contribution in [2.45, 2.75) is 26.6 Å². The Morgan fingerprint density at radius 3 is 2.26 bits per heavy atom. The first-order chi connectivity index (χ1) is 12.8. The van der Waals surface area contributed by atoms with Gasteiger partial charge in [-0.15, -0.1) is 0 Å². The van der Waals surface area contributed by atoms with Crippen molar-refractivity contribution < 1.29 is 23.6 Å². The van der Waals surface area contributed by atoms with E-state index in [9.17, 15) is 19.8 Å². The van der Waals surface area contributed by atoms with Gasteiger partial charge in [-0.25, -0.2) is 0 Å². The van der Waals surface area contributed by atoms with Gasteiger partial charge in [0.2, 0.25) is 0 Å². The highest BCUT2D eigenvalue weighted by atomic mass is 31.2. The van der Waals surface area contributed by atoms with Crippen LogP contribution in [0.1, 0.15) is 30.8 Å². The van der Waals surface area contributed by atoms with Gasteiger partial charge in [0.15, 0.2) is 5.78 Å². The normalized spacial score (nSPS) is 12.6. The van der Waals surface area contributed by atoms with Crippen LogP contribution >= 0.6 is 7.60 Å². The SMILES string of the molecule is CCOP(=O)(OCC)C(Nc1ccc(C)c([N+](=O)[O-])c1)c1ccc(O)cc1. The van der Waals surface area contributed by atoms with Gasteiger partial charge in [0.05, 0.1) is 18.1 Å². The maximum atomic E-state index is 13.4. The third-order valence-electron chi connectivity index (χ3n) is 3.85. The van der Waals surface area contributed by atoms with E-state index >= 15 is 0 Å². The molecule has 0 radical (unpaired) electrons. The summed E-state index contributed by atoms with van der Waals surface area (Å²) in [4.78, 5) is 10.7. The molecule has 0 bridgehead atoms. The van der Waals surface area contributed by atoms with Crippen LogP contribution in [-0.4, -0.2) is 23.2 Å².